The van der Waals surface area contributed by atoms with Gasteiger partial charge < -0.3 is 19.3 Å². The summed E-state index contributed by atoms with van der Waals surface area (Å²) in [7, 11) is 3.02. The molecule has 2 heterocycles. The zero-order valence-electron chi connectivity index (χ0n) is 21.1. The van der Waals surface area contributed by atoms with Gasteiger partial charge >= 0.3 is 5.97 Å². The molecule has 0 N–H and O–H groups in total. The average molecular weight is 499 g/mol. The molecule has 0 atom stereocenters. The molecule has 190 valence electrons. The van der Waals surface area contributed by atoms with Gasteiger partial charge in [0.1, 0.15) is 5.75 Å². The number of hydrogen-bond acceptors (Lipinski definition) is 7. The molecule has 4 aromatic rings. The lowest BCUT2D eigenvalue weighted by Crippen LogP contribution is -2.48. The van der Waals surface area contributed by atoms with Crippen LogP contribution < -0.4 is 20.1 Å². The number of esters is 1. The van der Waals surface area contributed by atoms with Gasteiger partial charge in [-0.15, -0.1) is 0 Å². The first-order chi connectivity index (χ1) is 18.1. The van der Waals surface area contributed by atoms with Crippen LogP contribution in [0.3, 0.4) is 0 Å². The topological polar surface area (TPSA) is 76.9 Å². The standard InChI is InChI=1S/C29H30N4O4/c1-36-26-11-7-6-10-25(26)31-16-18-32(19-17-31)29-30-24-20-22(28(35)37-2)12-13-23(24)27(34)33(29)15-14-21-8-4-3-5-9-21/h3-13,20H,14-19H2,1-2H3. The highest BCUT2D eigenvalue weighted by molar-refractivity contribution is 5.94. The molecule has 0 bridgehead atoms. The van der Waals surface area contributed by atoms with Gasteiger partial charge in [-0.2, -0.15) is 0 Å². The summed E-state index contributed by atoms with van der Waals surface area (Å²) < 4.78 is 12.2. The monoisotopic (exact) mass is 498 g/mol. The number of para-hydroxylation sites is 2. The predicted octanol–water partition coefficient (Wildman–Crippen LogP) is 3.76. The Balaban J connectivity index is 1.49. The smallest absolute Gasteiger partial charge is 0.337 e. The Hall–Kier alpha value is -4.33. The van der Waals surface area contributed by atoms with Crippen LogP contribution in [-0.2, 0) is 17.7 Å². The van der Waals surface area contributed by atoms with Crippen LogP contribution in [0.15, 0.2) is 77.6 Å². The van der Waals surface area contributed by atoms with Crippen molar-refractivity contribution in [2.45, 2.75) is 13.0 Å². The van der Waals surface area contributed by atoms with Gasteiger partial charge in [0.15, 0.2) is 0 Å². The third-order valence-corrected chi connectivity index (χ3v) is 6.81. The van der Waals surface area contributed by atoms with Crippen LogP contribution in [0.2, 0.25) is 0 Å². The normalized spacial score (nSPS) is 13.6. The maximum absolute atomic E-state index is 13.7. The zero-order chi connectivity index (χ0) is 25.8. The molecule has 8 heteroatoms. The first kappa shape index (κ1) is 24.4. The molecule has 0 saturated carbocycles. The summed E-state index contributed by atoms with van der Waals surface area (Å²) >= 11 is 0. The molecule has 1 aromatic heterocycles. The van der Waals surface area contributed by atoms with E-state index in [1.54, 1.807) is 29.9 Å². The van der Waals surface area contributed by atoms with Crippen molar-refractivity contribution in [1.82, 2.24) is 9.55 Å². The summed E-state index contributed by atoms with van der Waals surface area (Å²) in [5.74, 6) is 1.01. The second-order valence-corrected chi connectivity index (χ2v) is 8.97. The van der Waals surface area contributed by atoms with E-state index in [0.717, 1.165) is 30.1 Å². The van der Waals surface area contributed by atoms with E-state index in [9.17, 15) is 9.59 Å². The van der Waals surface area contributed by atoms with Gasteiger partial charge in [-0.1, -0.05) is 42.5 Å². The maximum Gasteiger partial charge on any atom is 0.337 e. The van der Waals surface area contributed by atoms with E-state index in [1.807, 2.05) is 36.4 Å². The number of aryl methyl sites for hydroxylation is 1. The summed E-state index contributed by atoms with van der Waals surface area (Å²) in [6, 6.07) is 23.0. The summed E-state index contributed by atoms with van der Waals surface area (Å²) in [4.78, 5) is 35.2. The lowest BCUT2D eigenvalue weighted by molar-refractivity contribution is 0.0601. The molecule has 3 aromatic carbocycles. The van der Waals surface area contributed by atoms with Crippen molar-refractivity contribution in [3.05, 3.63) is 94.3 Å². The lowest BCUT2D eigenvalue weighted by Gasteiger charge is -2.37. The van der Waals surface area contributed by atoms with Crippen molar-refractivity contribution in [2.24, 2.45) is 0 Å². The van der Waals surface area contributed by atoms with E-state index in [2.05, 4.69) is 28.0 Å². The quantitative estimate of drug-likeness (QED) is 0.359. The van der Waals surface area contributed by atoms with E-state index in [0.29, 0.717) is 48.5 Å². The number of hydrogen-bond donors (Lipinski definition) is 0. The fourth-order valence-electron chi connectivity index (χ4n) is 4.82. The predicted molar refractivity (Wildman–Crippen MR) is 145 cm³/mol. The summed E-state index contributed by atoms with van der Waals surface area (Å²) in [6.07, 6.45) is 0.711. The van der Waals surface area contributed by atoms with Crippen LogP contribution in [0.25, 0.3) is 10.9 Å². The third kappa shape index (κ3) is 5.00. The van der Waals surface area contributed by atoms with Crippen molar-refractivity contribution < 1.29 is 14.3 Å². The second-order valence-electron chi connectivity index (χ2n) is 8.97. The Morgan fingerprint density at radius 1 is 0.892 bits per heavy atom. The molecule has 1 saturated heterocycles. The number of carbonyl (C=O) groups is 1. The second kappa shape index (κ2) is 10.7. The van der Waals surface area contributed by atoms with Crippen LogP contribution in [-0.4, -0.2) is 55.9 Å². The Labute approximate surface area is 215 Å². The number of fused-ring (bicyclic) bond motifs is 1. The molecule has 0 spiro atoms. The highest BCUT2D eigenvalue weighted by Crippen LogP contribution is 2.29. The molecule has 5 rings (SSSR count). The molecule has 0 amide bonds. The summed E-state index contributed by atoms with van der Waals surface area (Å²) in [5, 5.41) is 0.483. The van der Waals surface area contributed by atoms with Gasteiger partial charge in [0, 0.05) is 32.7 Å². The fraction of sp³-hybridized carbons (Fsp3) is 0.276. The number of rotatable bonds is 7. The third-order valence-electron chi connectivity index (χ3n) is 6.81. The highest BCUT2D eigenvalue weighted by atomic mass is 16.5. The average Bonchev–Trinajstić information content (AvgIpc) is 2.96. The van der Waals surface area contributed by atoms with Gasteiger partial charge in [0.05, 0.1) is 36.4 Å². The molecular formula is C29H30N4O4. The van der Waals surface area contributed by atoms with E-state index in [4.69, 9.17) is 14.5 Å². The Bertz CT molecular complexity index is 1460. The van der Waals surface area contributed by atoms with Gasteiger partial charge in [-0.3, -0.25) is 9.36 Å². The van der Waals surface area contributed by atoms with Crippen molar-refractivity contribution in [1.29, 1.82) is 0 Å². The van der Waals surface area contributed by atoms with Crippen molar-refractivity contribution in [3.8, 4) is 5.75 Å². The van der Waals surface area contributed by atoms with Crippen LogP contribution in [0.1, 0.15) is 15.9 Å². The molecule has 0 unspecified atom stereocenters. The summed E-state index contributed by atoms with van der Waals surface area (Å²) in [5.41, 5.74) is 2.96. The first-order valence-electron chi connectivity index (χ1n) is 12.4. The fourth-order valence-corrected chi connectivity index (χ4v) is 4.82. The number of ether oxygens (including phenoxy) is 2. The molecule has 37 heavy (non-hydrogen) atoms. The number of aromatic nitrogens is 2. The van der Waals surface area contributed by atoms with Crippen molar-refractivity contribution in [3.63, 3.8) is 0 Å². The van der Waals surface area contributed by atoms with Gasteiger partial charge in [-0.05, 0) is 42.3 Å². The minimum absolute atomic E-state index is 0.112. The molecule has 8 nitrogen and oxygen atoms in total. The molecule has 0 radical (unpaired) electrons. The van der Waals surface area contributed by atoms with E-state index in [1.165, 1.54) is 7.11 Å². The number of carbonyl (C=O) groups excluding carboxylic acids is 1. The van der Waals surface area contributed by atoms with Gasteiger partial charge in [0.25, 0.3) is 5.56 Å². The van der Waals surface area contributed by atoms with E-state index < -0.39 is 5.97 Å². The Kier molecular flexibility index (Phi) is 7.07. The largest absolute Gasteiger partial charge is 0.495 e. The maximum atomic E-state index is 13.7. The minimum Gasteiger partial charge on any atom is -0.495 e. The van der Waals surface area contributed by atoms with Crippen LogP contribution >= 0.6 is 0 Å². The van der Waals surface area contributed by atoms with Crippen LogP contribution in [0.4, 0.5) is 11.6 Å². The number of nitrogens with zero attached hydrogens (tertiary/aromatic N) is 4. The molecule has 0 aliphatic carbocycles. The first-order valence-corrected chi connectivity index (χ1v) is 12.4. The lowest BCUT2D eigenvalue weighted by atomic mass is 10.1. The number of piperazine rings is 1. The molecule has 1 aliphatic rings. The molecular weight excluding hydrogens is 468 g/mol. The molecule has 1 fully saturated rings. The summed E-state index contributed by atoms with van der Waals surface area (Å²) in [6.45, 7) is 3.41. The van der Waals surface area contributed by atoms with E-state index in [-0.39, 0.29) is 5.56 Å². The number of benzene rings is 3. The minimum atomic E-state index is -0.455. The Morgan fingerprint density at radius 2 is 1.59 bits per heavy atom. The number of anilines is 2. The zero-order valence-corrected chi connectivity index (χ0v) is 21.1. The number of methoxy groups -OCH3 is 2. The van der Waals surface area contributed by atoms with Gasteiger partial charge in [-0.25, -0.2) is 9.78 Å². The molecule has 1 aliphatic heterocycles. The SMILES string of the molecule is COC(=O)c1ccc2c(=O)n(CCc3ccccc3)c(N3CCN(c4ccccc4OC)CC3)nc2c1. The van der Waals surface area contributed by atoms with Crippen LogP contribution in [0.5, 0.6) is 5.75 Å². The van der Waals surface area contributed by atoms with Crippen molar-refractivity contribution >= 4 is 28.5 Å². The van der Waals surface area contributed by atoms with Crippen molar-refractivity contribution in [2.75, 3.05) is 50.2 Å². The van der Waals surface area contributed by atoms with Gasteiger partial charge in [0.2, 0.25) is 5.95 Å². The highest BCUT2D eigenvalue weighted by Gasteiger charge is 2.24. The Morgan fingerprint density at radius 3 is 2.32 bits per heavy atom. The van der Waals surface area contributed by atoms with E-state index >= 15 is 0 Å². The van der Waals surface area contributed by atoms with Crippen LogP contribution in [0, 0.1) is 0 Å².